The molecule has 0 bridgehead atoms. The van der Waals surface area contributed by atoms with Gasteiger partial charge in [-0.25, -0.2) is 0 Å². The summed E-state index contributed by atoms with van der Waals surface area (Å²) in [5, 5.41) is 3.46. The monoisotopic (exact) mass is 268 g/mol. The van der Waals surface area contributed by atoms with Crippen LogP contribution in [0.1, 0.15) is 51.9 Å². The quantitative estimate of drug-likeness (QED) is 0.776. The molecule has 1 saturated heterocycles. The summed E-state index contributed by atoms with van der Waals surface area (Å²) in [5.41, 5.74) is 0.515. The highest BCUT2D eigenvalue weighted by atomic mass is 16.5. The van der Waals surface area contributed by atoms with Crippen molar-refractivity contribution in [1.29, 1.82) is 0 Å². The molecule has 19 heavy (non-hydrogen) atoms. The van der Waals surface area contributed by atoms with Gasteiger partial charge in [0.15, 0.2) is 0 Å². The summed E-state index contributed by atoms with van der Waals surface area (Å²) >= 11 is 0. The maximum absolute atomic E-state index is 5.81. The highest BCUT2D eigenvalue weighted by molar-refractivity contribution is 4.88. The highest BCUT2D eigenvalue weighted by Crippen LogP contribution is 2.35. The second-order valence-corrected chi connectivity index (χ2v) is 6.58. The largest absolute Gasteiger partial charge is 0.376 e. The number of morpholine rings is 1. The van der Waals surface area contributed by atoms with E-state index in [4.69, 9.17) is 4.74 Å². The van der Waals surface area contributed by atoms with Gasteiger partial charge in [-0.15, -0.1) is 0 Å². The molecule has 1 heterocycles. The van der Waals surface area contributed by atoms with E-state index in [-0.39, 0.29) is 0 Å². The molecule has 0 aromatic carbocycles. The highest BCUT2D eigenvalue weighted by Gasteiger charge is 2.33. The topological polar surface area (TPSA) is 24.5 Å². The molecule has 1 atom stereocenters. The zero-order chi connectivity index (χ0) is 13.6. The minimum Gasteiger partial charge on any atom is -0.376 e. The number of nitrogens with zero attached hydrogens (tertiary/aromatic N) is 1. The number of rotatable bonds is 5. The lowest BCUT2D eigenvalue weighted by Gasteiger charge is -2.41. The maximum Gasteiger partial charge on any atom is 0.0700 e. The Bertz CT molecular complexity index is 249. The smallest absolute Gasteiger partial charge is 0.0700 e. The van der Waals surface area contributed by atoms with E-state index < -0.39 is 0 Å². The van der Waals surface area contributed by atoms with Crippen molar-refractivity contribution in [1.82, 2.24) is 10.2 Å². The minimum absolute atomic E-state index is 0.464. The van der Waals surface area contributed by atoms with Gasteiger partial charge in [-0.2, -0.15) is 0 Å². The average Bonchev–Trinajstić information content (AvgIpc) is 2.65. The summed E-state index contributed by atoms with van der Waals surface area (Å²) in [7, 11) is 2.11. The number of ether oxygens (including phenoxy) is 1. The van der Waals surface area contributed by atoms with E-state index in [1.54, 1.807) is 0 Å². The molecule has 0 spiro atoms. The van der Waals surface area contributed by atoms with Crippen molar-refractivity contribution in [3.05, 3.63) is 0 Å². The van der Waals surface area contributed by atoms with Crippen LogP contribution in [0.15, 0.2) is 0 Å². The van der Waals surface area contributed by atoms with E-state index in [0.29, 0.717) is 11.5 Å². The van der Waals surface area contributed by atoms with Gasteiger partial charge in [0.2, 0.25) is 0 Å². The Morgan fingerprint density at radius 1 is 1.21 bits per heavy atom. The molecule has 2 rings (SSSR count). The van der Waals surface area contributed by atoms with Crippen LogP contribution in [0.2, 0.25) is 0 Å². The predicted octanol–water partition coefficient (Wildman–Crippen LogP) is 2.66. The van der Waals surface area contributed by atoms with Crippen molar-refractivity contribution < 1.29 is 4.74 Å². The third-order valence-electron chi connectivity index (χ3n) is 4.95. The predicted molar refractivity (Wildman–Crippen MR) is 80.5 cm³/mol. The lowest BCUT2D eigenvalue weighted by Crippen LogP contribution is -2.49. The van der Waals surface area contributed by atoms with E-state index in [9.17, 15) is 0 Å². The van der Waals surface area contributed by atoms with Gasteiger partial charge in [0.05, 0.1) is 12.7 Å². The van der Waals surface area contributed by atoms with E-state index in [1.807, 2.05) is 0 Å². The van der Waals surface area contributed by atoms with Gasteiger partial charge in [0.25, 0.3) is 0 Å². The first-order valence-electron chi connectivity index (χ1n) is 8.26. The number of hydrogen-bond donors (Lipinski definition) is 1. The van der Waals surface area contributed by atoms with Crippen molar-refractivity contribution in [2.45, 2.75) is 58.0 Å². The molecule has 0 amide bonds. The molecule has 3 nitrogen and oxygen atoms in total. The van der Waals surface area contributed by atoms with Gasteiger partial charge in [-0.1, -0.05) is 32.6 Å². The summed E-state index contributed by atoms with van der Waals surface area (Å²) in [4.78, 5) is 2.67. The Morgan fingerprint density at radius 2 is 1.95 bits per heavy atom. The molecule has 1 saturated carbocycles. The van der Waals surface area contributed by atoms with Crippen LogP contribution in [0, 0.1) is 5.41 Å². The molecule has 1 aliphatic carbocycles. The Labute approximate surface area is 119 Å². The fourth-order valence-corrected chi connectivity index (χ4v) is 3.89. The molecule has 2 aliphatic rings. The first-order valence-corrected chi connectivity index (χ1v) is 8.26. The van der Waals surface area contributed by atoms with Crippen LogP contribution >= 0.6 is 0 Å². The molecular weight excluding hydrogens is 236 g/mol. The standard InChI is InChI=1S/C16H32N2O/c1-3-15-12-18(10-11-19-15)14-16(13-17-2)8-6-4-5-7-9-16/h15,17H,3-14H2,1-2H3. The van der Waals surface area contributed by atoms with Crippen molar-refractivity contribution in [3.8, 4) is 0 Å². The van der Waals surface area contributed by atoms with Crippen LogP contribution in [-0.2, 0) is 4.74 Å². The van der Waals surface area contributed by atoms with E-state index in [2.05, 4.69) is 24.2 Å². The fraction of sp³-hybridized carbons (Fsp3) is 1.00. The summed E-state index contributed by atoms with van der Waals surface area (Å²) in [5.74, 6) is 0. The van der Waals surface area contributed by atoms with E-state index >= 15 is 0 Å². The lowest BCUT2D eigenvalue weighted by molar-refractivity contribution is -0.0439. The molecule has 1 N–H and O–H groups in total. The maximum atomic E-state index is 5.81. The molecule has 1 aliphatic heterocycles. The lowest BCUT2D eigenvalue weighted by atomic mass is 9.79. The zero-order valence-electron chi connectivity index (χ0n) is 12.9. The summed E-state index contributed by atoms with van der Waals surface area (Å²) in [6, 6.07) is 0. The first-order chi connectivity index (χ1) is 9.28. The van der Waals surface area contributed by atoms with Crippen LogP contribution in [0.25, 0.3) is 0 Å². The average molecular weight is 268 g/mol. The Kier molecular flexibility index (Phi) is 6.11. The SMILES string of the molecule is CCC1CN(CC2(CNC)CCCCCC2)CCO1. The van der Waals surface area contributed by atoms with Crippen LogP contribution in [0.3, 0.4) is 0 Å². The van der Waals surface area contributed by atoms with Crippen LogP contribution in [0.5, 0.6) is 0 Å². The van der Waals surface area contributed by atoms with Gasteiger partial charge in [0, 0.05) is 26.2 Å². The molecule has 112 valence electrons. The molecule has 1 unspecified atom stereocenters. The van der Waals surface area contributed by atoms with Gasteiger partial charge in [0.1, 0.15) is 0 Å². The van der Waals surface area contributed by atoms with E-state index in [0.717, 1.165) is 26.1 Å². The number of hydrogen-bond acceptors (Lipinski definition) is 3. The molecule has 3 heteroatoms. The van der Waals surface area contributed by atoms with Gasteiger partial charge in [-0.05, 0) is 31.7 Å². The van der Waals surface area contributed by atoms with E-state index in [1.165, 1.54) is 51.6 Å². The fourth-order valence-electron chi connectivity index (χ4n) is 3.89. The molecular formula is C16H32N2O. The molecule has 0 aromatic heterocycles. The van der Waals surface area contributed by atoms with Crippen molar-refractivity contribution in [3.63, 3.8) is 0 Å². The minimum atomic E-state index is 0.464. The van der Waals surface area contributed by atoms with Gasteiger partial charge in [-0.3, -0.25) is 4.90 Å². The first kappa shape index (κ1) is 15.3. The van der Waals surface area contributed by atoms with Crippen LogP contribution in [-0.4, -0.2) is 50.8 Å². The second kappa shape index (κ2) is 7.61. The molecule has 0 aromatic rings. The van der Waals surface area contributed by atoms with Crippen molar-refractivity contribution in [2.75, 3.05) is 39.8 Å². The Hall–Kier alpha value is -0.120. The molecule has 0 radical (unpaired) electrons. The summed E-state index contributed by atoms with van der Waals surface area (Å²) in [6.45, 7) is 7.89. The van der Waals surface area contributed by atoms with Gasteiger partial charge >= 0.3 is 0 Å². The number of nitrogens with one attached hydrogen (secondary N) is 1. The van der Waals surface area contributed by atoms with Crippen molar-refractivity contribution >= 4 is 0 Å². The summed E-state index contributed by atoms with van der Waals surface area (Å²) < 4.78 is 5.81. The second-order valence-electron chi connectivity index (χ2n) is 6.58. The normalized spacial score (nSPS) is 29.1. The third kappa shape index (κ3) is 4.44. The summed E-state index contributed by atoms with van der Waals surface area (Å²) in [6.07, 6.45) is 10.1. The van der Waals surface area contributed by atoms with Gasteiger partial charge < -0.3 is 10.1 Å². The molecule has 2 fully saturated rings. The Morgan fingerprint density at radius 3 is 2.58 bits per heavy atom. The van der Waals surface area contributed by atoms with Crippen molar-refractivity contribution in [2.24, 2.45) is 5.41 Å². The third-order valence-corrected chi connectivity index (χ3v) is 4.95. The zero-order valence-corrected chi connectivity index (χ0v) is 12.9. The van der Waals surface area contributed by atoms with Crippen LogP contribution in [0.4, 0.5) is 0 Å². The van der Waals surface area contributed by atoms with Crippen LogP contribution < -0.4 is 5.32 Å². The Balaban J connectivity index is 1.94.